The third kappa shape index (κ3) is 6.22. The van der Waals surface area contributed by atoms with Gasteiger partial charge in [0.2, 0.25) is 0 Å². The molecular formula is C56H46N4. The minimum atomic E-state index is 0.886. The Morgan fingerprint density at radius 3 is 0.933 bits per heavy atom. The van der Waals surface area contributed by atoms with Gasteiger partial charge in [-0.1, -0.05) is 133 Å². The van der Waals surface area contributed by atoms with Gasteiger partial charge in [-0.05, 0) is 99.8 Å². The molecule has 60 heavy (non-hydrogen) atoms. The van der Waals surface area contributed by atoms with E-state index in [2.05, 4.69) is 196 Å². The molecule has 4 heteroatoms. The molecule has 6 aliphatic heterocycles. The highest BCUT2D eigenvalue weighted by Crippen LogP contribution is 2.47. The fourth-order valence-corrected chi connectivity index (χ4v) is 9.30. The number of aryl methyl sites for hydroxylation is 4. The van der Waals surface area contributed by atoms with E-state index in [0.717, 1.165) is 115 Å². The Kier molecular flexibility index (Phi) is 8.63. The molecule has 0 aromatic heterocycles. The zero-order valence-corrected chi connectivity index (χ0v) is 34.6. The normalized spacial score (nSPS) is 13.6. The van der Waals surface area contributed by atoms with Crippen molar-refractivity contribution in [3.63, 3.8) is 0 Å². The molecule has 0 fully saturated rings. The molecule has 0 atom stereocenters. The lowest BCUT2D eigenvalue weighted by molar-refractivity contribution is 0.960. The standard InChI is InChI=1S/C56H46N4/c1-59(2)44-31-48-39-23-15-35(16-24-39)11-13-37-19-27-41(28-20-37)50-33-45(60(3)4)34-51-42-29-21-38(22-30-42)14-12-36-17-25-40(26-18-36)49(32-44)53(48)57-55-46-9-5-7-43-8-6-10-47(52(43)46)56(55)58-54(50)51/h5-10,15-34H,11-14H2,1-4H3. The molecule has 4 nitrogen and oxygen atoms in total. The van der Waals surface area contributed by atoms with E-state index in [1.165, 1.54) is 33.0 Å². The van der Waals surface area contributed by atoms with Crippen LogP contribution < -0.4 is 9.80 Å². The van der Waals surface area contributed by atoms with Crippen LogP contribution in [0.15, 0.2) is 168 Å². The minimum absolute atomic E-state index is 0.886. The number of aliphatic imine (C=N–C) groups is 2. The first-order valence-electron chi connectivity index (χ1n) is 21.1. The Morgan fingerprint density at radius 1 is 0.350 bits per heavy atom. The number of hydrogen-bond acceptors (Lipinski definition) is 4. The minimum Gasteiger partial charge on any atom is -0.378 e. The van der Waals surface area contributed by atoms with E-state index in [0.29, 0.717) is 0 Å². The lowest BCUT2D eigenvalue weighted by atomic mass is 9.91. The molecule has 1 aliphatic carbocycles. The maximum Gasteiger partial charge on any atom is 0.0979 e. The molecule has 10 bridgehead atoms. The molecule has 0 radical (unpaired) electrons. The molecule has 8 aromatic carbocycles. The number of nitrogens with zero attached hydrogens (tertiary/aromatic N) is 4. The van der Waals surface area contributed by atoms with Crippen molar-refractivity contribution in [2.24, 2.45) is 9.98 Å². The van der Waals surface area contributed by atoms with E-state index >= 15 is 0 Å². The first-order valence-corrected chi connectivity index (χ1v) is 21.1. The number of rotatable bonds is 2. The van der Waals surface area contributed by atoms with Crippen LogP contribution in [0.3, 0.4) is 0 Å². The lowest BCUT2D eigenvalue weighted by Crippen LogP contribution is -2.12. The van der Waals surface area contributed by atoms with Crippen LogP contribution in [0.25, 0.3) is 55.3 Å². The Bertz CT molecular complexity index is 2700. The van der Waals surface area contributed by atoms with Gasteiger partial charge in [-0.25, -0.2) is 9.98 Å². The molecule has 0 saturated heterocycles. The van der Waals surface area contributed by atoms with E-state index in [4.69, 9.17) is 9.98 Å². The van der Waals surface area contributed by atoms with Gasteiger partial charge < -0.3 is 9.80 Å². The quantitative estimate of drug-likeness (QED) is 0.175. The first-order chi connectivity index (χ1) is 29.3. The van der Waals surface area contributed by atoms with Crippen LogP contribution in [0, 0.1) is 0 Å². The monoisotopic (exact) mass is 774 g/mol. The summed E-state index contributed by atoms with van der Waals surface area (Å²) in [6, 6.07) is 59.2. The van der Waals surface area contributed by atoms with Crippen molar-refractivity contribution in [3.8, 4) is 44.5 Å². The second-order valence-electron chi connectivity index (χ2n) is 17.0. The van der Waals surface area contributed by atoms with Crippen LogP contribution >= 0.6 is 0 Å². The summed E-state index contributed by atoms with van der Waals surface area (Å²) >= 11 is 0. The molecule has 15 rings (SSSR count). The molecule has 290 valence electrons. The largest absolute Gasteiger partial charge is 0.378 e. The molecule has 0 saturated carbocycles. The summed E-state index contributed by atoms with van der Waals surface area (Å²) in [5.74, 6) is 0. The molecule has 8 aromatic rings. The Balaban J connectivity index is 1.32. The van der Waals surface area contributed by atoms with Gasteiger partial charge in [0.15, 0.2) is 0 Å². The number of benzene rings is 8. The maximum absolute atomic E-state index is 5.94. The van der Waals surface area contributed by atoms with Crippen LogP contribution in [0.5, 0.6) is 0 Å². The number of anilines is 2. The maximum atomic E-state index is 5.94. The average molecular weight is 775 g/mol. The van der Waals surface area contributed by atoms with Crippen molar-refractivity contribution in [2.45, 2.75) is 25.7 Å². The third-order valence-electron chi connectivity index (χ3n) is 12.8. The summed E-state index contributed by atoms with van der Waals surface area (Å²) in [7, 11) is 8.51. The van der Waals surface area contributed by atoms with Crippen LogP contribution in [-0.2, 0) is 25.7 Å². The van der Waals surface area contributed by atoms with Crippen molar-refractivity contribution in [1.82, 2.24) is 0 Å². The second kappa shape index (κ2) is 14.4. The van der Waals surface area contributed by atoms with Crippen molar-refractivity contribution in [1.29, 1.82) is 0 Å². The average Bonchev–Trinajstić information content (AvgIpc) is 3.57. The summed E-state index contributed by atoms with van der Waals surface area (Å²) in [5, 5.41) is 2.38. The van der Waals surface area contributed by atoms with Crippen molar-refractivity contribution in [3.05, 3.63) is 191 Å². The predicted molar refractivity (Wildman–Crippen MR) is 254 cm³/mol. The highest BCUT2D eigenvalue weighted by molar-refractivity contribution is 6.61. The predicted octanol–water partition coefficient (Wildman–Crippen LogP) is 13.1. The summed E-state index contributed by atoms with van der Waals surface area (Å²) in [5.41, 5.74) is 22.4. The molecule has 7 aliphatic rings. The summed E-state index contributed by atoms with van der Waals surface area (Å²) in [6.45, 7) is 0. The lowest BCUT2D eigenvalue weighted by Gasteiger charge is -2.21. The van der Waals surface area contributed by atoms with Crippen molar-refractivity contribution < 1.29 is 0 Å². The van der Waals surface area contributed by atoms with Gasteiger partial charge in [0.05, 0.1) is 22.8 Å². The van der Waals surface area contributed by atoms with Gasteiger partial charge in [0.1, 0.15) is 0 Å². The number of fused-ring (bicyclic) bond motifs is 4. The van der Waals surface area contributed by atoms with Crippen LogP contribution in [0.2, 0.25) is 0 Å². The summed E-state index contributed by atoms with van der Waals surface area (Å²) in [6.07, 6.45) is 3.84. The first kappa shape index (κ1) is 36.1. The Labute approximate surface area is 352 Å². The summed E-state index contributed by atoms with van der Waals surface area (Å²) in [4.78, 5) is 16.3. The zero-order chi connectivity index (χ0) is 40.5. The van der Waals surface area contributed by atoms with E-state index in [1.807, 2.05) is 0 Å². The fourth-order valence-electron chi connectivity index (χ4n) is 9.30. The molecule has 0 spiro atoms. The zero-order valence-electron chi connectivity index (χ0n) is 34.6. The van der Waals surface area contributed by atoms with Crippen LogP contribution in [0.4, 0.5) is 22.7 Å². The molecule has 6 heterocycles. The fraction of sp³-hybridized carbons (Fsp3) is 0.143. The van der Waals surface area contributed by atoms with Gasteiger partial charge in [-0.3, -0.25) is 0 Å². The van der Waals surface area contributed by atoms with Crippen molar-refractivity contribution in [2.75, 3.05) is 38.0 Å². The highest BCUT2D eigenvalue weighted by Gasteiger charge is 2.30. The van der Waals surface area contributed by atoms with Crippen molar-refractivity contribution >= 4 is 44.9 Å². The van der Waals surface area contributed by atoms with Gasteiger partial charge >= 0.3 is 0 Å². The molecule has 0 amide bonds. The second-order valence-corrected chi connectivity index (χ2v) is 17.0. The van der Waals surface area contributed by atoms with Gasteiger partial charge in [-0.2, -0.15) is 0 Å². The topological polar surface area (TPSA) is 31.2 Å². The Hall–Kier alpha value is -7.04. The molecule has 0 unspecified atom stereocenters. The van der Waals surface area contributed by atoms with Gasteiger partial charge in [0.25, 0.3) is 0 Å². The van der Waals surface area contributed by atoms with E-state index in [-0.39, 0.29) is 0 Å². The van der Waals surface area contributed by atoms with E-state index in [9.17, 15) is 0 Å². The van der Waals surface area contributed by atoms with Gasteiger partial charge in [0, 0.05) is 78.3 Å². The Morgan fingerprint density at radius 2 is 0.650 bits per heavy atom. The SMILES string of the molecule is CN(C)c1cc2c3c(c1)-c1ccc(cc1)CCc1ccc(cc1)-c1cc(N(C)C)cc(c1N=C1C(=N3)c3cccc4cccc1c34)-c1ccc(cc1)CCc1ccc-2cc1. The third-order valence-corrected chi connectivity index (χ3v) is 12.8. The smallest absolute Gasteiger partial charge is 0.0979 e. The highest BCUT2D eigenvalue weighted by atomic mass is 15.1. The van der Waals surface area contributed by atoms with Gasteiger partial charge in [-0.15, -0.1) is 0 Å². The summed E-state index contributed by atoms with van der Waals surface area (Å²) < 4.78 is 0. The molecular weight excluding hydrogens is 729 g/mol. The molecule has 0 N–H and O–H groups in total. The van der Waals surface area contributed by atoms with E-state index in [1.54, 1.807) is 0 Å². The number of hydrogen-bond donors (Lipinski definition) is 0. The van der Waals surface area contributed by atoms with E-state index < -0.39 is 0 Å². The van der Waals surface area contributed by atoms with Crippen LogP contribution in [-0.4, -0.2) is 39.6 Å². The van der Waals surface area contributed by atoms with Crippen LogP contribution in [0.1, 0.15) is 33.4 Å².